The van der Waals surface area contributed by atoms with Crippen LogP contribution in [0.25, 0.3) is 0 Å². The van der Waals surface area contributed by atoms with Gasteiger partial charge in [0.1, 0.15) is 11.5 Å². The lowest BCUT2D eigenvalue weighted by Crippen LogP contribution is -2.43. The van der Waals surface area contributed by atoms with Crippen LogP contribution in [0.2, 0.25) is 0 Å². The van der Waals surface area contributed by atoms with E-state index in [1.807, 2.05) is 0 Å². The van der Waals surface area contributed by atoms with Crippen LogP contribution in [0, 0.1) is 0 Å². The van der Waals surface area contributed by atoms with Gasteiger partial charge in [-0.05, 0) is 25.0 Å². The second-order valence-corrected chi connectivity index (χ2v) is 5.08. The lowest BCUT2D eigenvalue weighted by atomic mass is 9.75. The maximum Gasteiger partial charge on any atom is 0.248 e. The summed E-state index contributed by atoms with van der Waals surface area (Å²) in [7, 11) is 3.10. The zero-order chi connectivity index (χ0) is 14.1. The van der Waals surface area contributed by atoms with Crippen molar-refractivity contribution >= 4 is 0 Å². The first-order valence-electron chi connectivity index (χ1n) is 6.29. The van der Waals surface area contributed by atoms with E-state index in [9.17, 15) is 8.78 Å². The molecule has 1 saturated carbocycles. The van der Waals surface area contributed by atoms with Crippen molar-refractivity contribution < 1.29 is 18.3 Å². The van der Waals surface area contributed by atoms with Crippen molar-refractivity contribution in [2.24, 2.45) is 5.73 Å². The zero-order valence-electron chi connectivity index (χ0n) is 11.2. The molecule has 0 atom stereocenters. The molecule has 19 heavy (non-hydrogen) atoms. The smallest absolute Gasteiger partial charge is 0.248 e. The van der Waals surface area contributed by atoms with E-state index in [0.717, 1.165) is 5.56 Å². The summed E-state index contributed by atoms with van der Waals surface area (Å²) in [5.74, 6) is -1.35. The third-order valence-electron chi connectivity index (χ3n) is 3.82. The van der Waals surface area contributed by atoms with Crippen molar-refractivity contribution in [1.29, 1.82) is 0 Å². The predicted molar refractivity (Wildman–Crippen MR) is 68.8 cm³/mol. The van der Waals surface area contributed by atoms with Gasteiger partial charge in [0.25, 0.3) is 0 Å². The highest BCUT2D eigenvalue weighted by Gasteiger charge is 2.43. The van der Waals surface area contributed by atoms with Crippen molar-refractivity contribution in [3.8, 4) is 11.5 Å². The van der Waals surface area contributed by atoms with Gasteiger partial charge in [0, 0.05) is 30.0 Å². The normalized spacial score (nSPS) is 20.9. The topological polar surface area (TPSA) is 44.5 Å². The van der Waals surface area contributed by atoms with Crippen LogP contribution in [-0.4, -0.2) is 20.1 Å². The summed E-state index contributed by atoms with van der Waals surface area (Å²) in [5.41, 5.74) is 6.33. The Morgan fingerprint density at radius 1 is 1.05 bits per heavy atom. The molecule has 1 aromatic carbocycles. The standard InChI is InChI=1S/C14H19F2NO2/c1-18-10-3-4-11(12(9-10)19-2)13(17)5-7-14(15,16)8-6-13/h3-4,9H,5-8,17H2,1-2H3. The Labute approximate surface area is 111 Å². The third-order valence-corrected chi connectivity index (χ3v) is 3.82. The molecule has 1 aliphatic carbocycles. The first-order valence-corrected chi connectivity index (χ1v) is 6.29. The Kier molecular flexibility index (Phi) is 3.67. The second kappa shape index (κ2) is 4.96. The van der Waals surface area contributed by atoms with E-state index in [1.54, 1.807) is 32.4 Å². The van der Waals surface area contributed by atoms with Crippen LogP contribution in [-0.2, 0) is 5.54 Å². The summed E-state index contributed by atoms with van der Waals surface area (Å²) in [6.45, 7) is 0. The molecular weight excluding hydrogens is 252 g/mol. The summed E-state index contributed by atoms with van der Waals surface area (Å²) >= 11 is 0. The summed E-state index contributed by atoms with van der Waals surface area (Å²) < 4.78 is 37.0. The molecule has 2 rings (SSSR count). The number of hydrogen-bond acceptors (Lipinski definition) is 3. The van der Waals surface area contributed by atoms with Gasteiger partial charge in [0.05, 0.1) is 14.2 Å². The summed E-state index contributed by atoms with van der Waals surface area (Å²) in [6.07, 6.45) is 0.142. The number of rotatable bonds is 3. The lowest BCUT2D eigenvalue weighted by Gasteiger charge is -2.38. The average molecular weight is 271 g/mol. The quantitative estimate of drug-likeness (QED) is 0.919. The molecule has 2 N–H and O–H groups in total. The van der Waals surface area contributed by atoms with Crippen molar-refractivity contribution in [2.45, 2.75) is 37.1 Å². The van der Waals surface area contributed by atoms with E-state index in [2.05, 4.69) is 0 Å². The maximum absolute atomic E-state index is 13.3. The SMILES string of the molecule is COc1ccc(C2(N)CCC(F)(F)CC2)c(OC)c1. The Morgan fingerprint density at radius 2 is 1.68 bits per heavy atom. The van der Waals surface area contributed by atoms with Crippen LogP contribution in [0.1, 0.15) is 31.2 Å². The molecule has 106 valence electrons. The molecule has 0 heterocycles. The second-order valence-electron chi connectivity index (χ2n) is 5.08. The predicted octanol–water partition coefficient (Wildman–Crippen LogP) is 3.07. The van der Waals surface area contributed by atoms with Crippen LogP contribution in [0.4, 0.5) is 8.78 Å². The fourth-order valence-electron chi connectivity index (χ4n) is 2.54. The van der Waals surface area contributed by atoms with Gasteiger partial charge in [-0.25, -0.2) is 8.78 Å². The van der Waals surface area contributed by atoms with Crippen molar-refractivity contribution in [2.75, 3.05) is 14.2 Å². The number of hydrogen-bond donors (Lipinski definition) is 1. The first-order chi connectivity index (χ1) is 8.90. The minimum absolute atomic E-state index is 0.182. The Morgan fingerprint density at radius 3 is 2.21 bits per heavy atom. The molecule has 1 aliphatic rings. The van der Waals surface area contributed by atoms with Gasteiger partial charge in [0.15, 0.2) is 0 Å². The Bertz CT molecular complexity index is 453. The molecule has 1 aromatic rings. The fourth-order valence-corrected chi connectivity index (χ4v) is 2.54. The number of halogens is 2. The van der Waals surface area contributed by atoms with E-state index >= 15 is 0 Å². The van der Waals surface area contributed by atoms with E-state index in [0.29, 0.717) is 11.5 Å². The van der Waals surface area contributed by atoms with Gasteiger partial charge in [-0.15, -0.1) is 0 Å². The molecule has 0 unspecified atom stereocenters. The minimum atomic E-state index is -2.59. The van der Waals surface area contributed by atoms with Gasteiger partial charge in [-0.3, -0.25) is 0 Å². The lowest BCUT2D eigenvalue weighted by molar-refractivity contribution is -0.0516. The monoisotopic (exact) mass is 271 g/mol. The van der Waals surface area contributed by atoms with Crippen molar-refractivity contribution in [3.63, 3.8) is 0 Å². The van der Waals surface area contributed by atoms with Gasteiger partial charge in [-0.1, -0.05) is 0 Å². The first kappa shape index (κ1) is 14.1. The van der Waals surface area contributed by atoms with E-state index in [-0.39, 0.29) is 25.7 Å². The minimum Gasteiger partial charge on any atom is -0.497 e. The van der Waals surface area contributed by atoms with Gasteiger partial charge < -0.3 is 15.2 Å². The van der Waals surface area contributed by atoms with Crippen LogP contribution >= 0.6 is 0 Å². The number of benzene rings is 1. The van der Waals surface area contributed by atoms with Gasteiger partial charge in [0.2, 0.25) is 5.92 Å². The van der Waals surface area contributed by atoms with Crippen molar-refractivity contribution in [3.05, 3.63) is 23.8 Å². The van der Waals surface area contributed by atoms with Crippen LogP contribution in [0.15, 0.2) is 18.2 Å². The zero-order valence-corrected chi connectivity index (χ0v) is 11.2. The highest BCUT2D eigenvalue weighted by atomic mass is 19.3. The molecule has 0 bridgehead atoms. The van der Waals surface area contributed by atoms with Crippen molar-refractivity contribution in [1.82, 2.24) is 0 Å². The van der Waals surface area contributed by atoms with E-state index in [4.69, 9.17) is 15.2 Å². The number of methoxy groups -OCH3 is 2. The molecule has 3 nitrogen and oxygen atoms in total. The molecule has 5 heteroatoms. The molecule has 0 aliphatic heterocycles. The summed E-state index contributed by atoms with van der Waals surface area (Å²) in [5, 5.41) is 0. The Balaban J connectivity index is 2.31. The van der Waals surface area contributed by atoms with E-state index < -0.39 is 11.5 Å². The maximum atomic E-state index is 13.3. The third kappa shape index (κ3) is 2.81. The highest BCUT2D eigenvalue weighted by molar-refractivity contribution is 5.45. The van der Waals surface area contributed by atoms with Gasteiger partial charge in [-0.2, -0.15) is 0 Å². The van der Waals surface area contributed by atoms with Crippen LogP contribution in [0.3, 0.4) is 0 Å². The number of alkyl halides is 2. The molecule has 0 amide bonds. The molecule has 1 fully saturated rings. The number of ether oxygens (including phenoxy) is 2. The fraction of sp³-hybridized carbons (Fsp3) is 0.571. The Hall–Kier alpha value is -1.36. The largest absolute Gasteiger partial charge is 0.497 e. The van der Waals surface area contributed by atoms with Gasteiger partial charge >= 0.3 is 0 Å². The molecule has 0 spiro atoms. The summed E-state index contributed by atoms with van der Waals surface area (Å²) in [6, 6.07) is 5.32. The van der Waals surface area contributed by atoms with E-state index in [1.165, 1.54) is 0 Å². The molecule has 0 radical (unpaired) electrons. The average Bonchev–Trinajstić information content (AvgIpc) is 2.41. The number of nitrogens with two attached hydrogens (primary N) is 1. The molecular formula is C14H19F2NO2. The molecule has 0 aromatic heterocycles. The highest BCUT2D eigenvalue weighted by Crippen LogP contribution is 2.45. The summed E-state index contributed by atoms with van der Waals surface area (Å²) in [4.78, 5) is 0. The molecule has 0 saturated heterocycles. The van der Waals surface area contributed by atoms with Crippen LogP contribution < -0.4 is 15.2 Å². The van der Waals surface area contributed by atoms with Crippen LogP contribution in [0.5, 0.6) is 11.5 Å².